The van der Waals surface area contributed by atoms with E-state index in [-0.39, 0.29) is 6.04 Å². The minimum atomic E-state index is -0.402. The highest BCUT2D eigenvalue weighted by Gasteiger charge is 2.17. The molecule has 0 amide bonds. The van der Waals surface area contributed by atoms with Crippen molar-refractivity contribution < 1.29 is 5.11 Å². The fourth-order valence-electron chi connectivity index (χ4n) is 1.65. The zero-order valence-corrected chi connectivity index (χ0v) is 8.90. The fourth-order valence-corrected chi connectivity index (χ4v) is 1.65. The number of hydrogen-bond donors (Lipinski definition) is 2. The lowest BCUT2D eigenvalue weighted by molar-refractivity contribution is 0.127. The highest BCUT2D eigenvalue weighted by molar-refractivity contribution is 5.18. The van der Waals surface area contributed by atoms with E-state index in [2.05, 4.69) is 12.2 Å². The van der Waals surface area contributed by atoms with Gasteiger partial charge in [0, 0.05) is 6.04 Å². The zero-order valence-electron chi connectivity index (χ0n) is 8.90. The van der Waals surface area contributed by atoms with Crippen molar-refractivity contribution in [1.29, 1.82) is 0 Å². The highest BCUT2D eigenvalue weighted by Crippen LogP contribution is 2.18. The van der Waals surface area contributed by atoms with Crippen LogP contribution in [0, 0.1) is 0 Å². The zero-order chi connectivity index (χ0) is 10.4. The van der Waals surface area contributed by atoms with Gasteiger partial charge in [0.25, 0.3) is 0 Å². The molecule has 0 saturated heterocycles. The lowest BCUT2D eigenvalue weighted by Gasteiger charge is -2.22. The van der Waals surface area contributed by atoms with Crippen LogP contribution < -0.4 is 5.32 Å². The molecule has 1 aromatic rings. The first-order chi connectivity index (χ1) is 6.79. The summed E-state index contributed by atoms with van der Waals surface area (Å²) >= 11 is 0. The van der Waals surface area contributed by atoms with Gasteiger partial charge in [-0.05, 0) is 19.0 Å². The van der Waals surface area contributed by atoms with Crippen molar-refractivity contribution >= 4 is 0 Å². The maximum absolute atomic E-state index is 10.0. The van der Waals surface area contributed by atoms with Gasteiger partial charge in [-0.3, -0.25) is 0 Å². The third kappa shape index (κ3) is 2.82. The number of hydrogen-bond acceptors (Lipinski definition) is 2. The molecule has 2 atom stereocenters. The lowest BCUT2D eigenvalue weighted by Crippen LogP contribution is -2.31. The third-order valence-corrected chi connectivity index (χ3v) is 2.49. The molecule has 0 bridgehead atoms. The summed E-state index contributed by atoms with van der Waals surface area (Å²) in [6.07, 6.45) is 1.67. The molecule has 0 aromatic heterocycles. The van der Waals surface area contributed by atoms with E-state index in [1.54, 1.807) is 0 Å². The molecule has 2 nitrogen and oxygen atoms in total. The van der Waals surface area contributed by atoms with Gasteiger partial charge in [-0.1, -0.05) is 43.7 Å². The first-order valence-electron chi connectivity index (χ1n) is 5.19. The molecule has 78 valence electrons. The Labute approximate surface area is 86.0 Å². The molecule has 0 aliphatic rings. The summed E-state index contributed by atoms with van der Waals surface area (Å²) in [5.74, 6) is 0. The van der Waals surface area contributed by atoms with Gasteiger partial charge in [-0.15, -0.1) is 0 Å². The van der Waals surface area contributed by atoms with Crippen LogP contribution in [0.3, 0.4) is 0 Å². The van der Waals surface area contributed by atoms with Crippen LogP contribution in [0.4, 0.5) is 0 Å². The van der Waals surface area contributed by atoms with Gasteiger partial charge in [0.2, 0.25) is 0 Å². The molecule has 0 spiro atoms. The molecule has 1 rings (SSSR count). The van der Waals surface area contributed by atoms with Crippen molar-refractivity contribution in [1.82, 2.24) is 5.32 Å². The van der Waals surface area contributed by atoms with Crippen LogP contribution in [-0.4, -0.2) is 18.2 Å². The molecular formula is C12H19NO. The lowest BCUT2D eigenvalue weighted by atomic mass is 9.99. The Morgan fingerprint density at radius 3 is 2.43 bits per heavy atom. The van der Waals surface area contributed by atoms with E-state index in [4.69, 9.17) is 0 Å². The summed E-state index contributed by atoms with van der Waals surface area (Å²) in [6, 6.07) is 9.95. The summed E-state index contributed by atoms with van der Waals surface area (Å²) in [4.78, 5) is 0. The van der Waals surface area contributed by atoms with Gasteiger partial charge in [-0.25, -0.2) is 0 Å². The fraction of sp³-hybridized carbons (Fsp3) is 0.500. The number of benzene rings is 1. The molecule has 0 radical (unpaired) electrons. The Morgan fingerprint density at radius 1 is 1.29 bits per heavy atom. The standard InChI is InChI=1S/C12H19NO/c1-3-7-11(13-2)12(14)10-8-5-4-6-9-10/h4-6,8-9,11-14H,3,7H2,1-2H3. The van der Waals surface area contributed by atoms with Gasteiger partial charge < -0.3 is 10.4 Å². The van der Waals surface area contributed by atoms with Crippen molar-refractivity contribution in [2.24, 2.45) is 0 Å². The number of aliphatic hydroxyl groups excluding tert-OH is 1. The normalized spacial score (nSPS) is 15.1. The van der Waals surface area contributed by atoms with Crippen LogP contribution in [0.1, 0.15) is 31.4 Å². The van der Waals surface area contributed by atoms with Gasteiger partial charge in [-0.2, -0.15) is 0 Å². The molecule has 0 aliphatic heterocycles. The van der Waals surface area contributed by atoms with E-state index in [0.29, 0.717) is 0 Å². The maximum Gasteiger partial charge on any atom is 0.0942 e. The summed E-state index contributed by atoms with van der Waals surface area (Å²) in [5.41, 5.74) is 0.986. The van der Waals surface area contributed by atoms with Crippen LogP contribution in [0.25, 0.3) is 0 Å². The second kappa shape index (κ2) is 5.78. The van der Waals surface area contributed by atoms with Gasteiger partial charge in [0.05, 0.1) is 6.10 Å². The minimum Gasteiger partial charge on any atom is -0.387 e. The number of likely N-dealkylation sites (N-methyl/N-ethyl adjacent to an activating group) is 1. The number of rotatable bonds is 5. The van der Waals surface area contributed by atoms with Gasteiger partial charge in [0.1, 0.15) is 0 Å². The van der Waals surface area contributed by atoms with Crippen LogP contribution in [0.5, 0.6) is 0 Å². The van der Waals surface area contributed by atoms with E-state index < -0.39 is 6.10 Å². The van der Waals surface area contributed by atoms with Crippen LogP contribution in [-0.2, 0) is 0 Å². The maximum atomic E-state index is 10.0. The Bertz CT molecular complexity index is 248. The average Bonchev–Trinajstić information content (AvgIpc) is 2.26. The van der Waals surface area contributed by atoms with E-state index in [1.165, 1.54) is 0 Å². The summed E-state index contributed by atoms with van der Waals surface area (Å²) < 4.78 is 0. The molecule has 1 aromatic carbocycles. The predicted molar refractivity (Wildman–Crippen MR) is 59.2 cm³/mol. The molecule has 14 heavy (non-hydrogen) atoms. The molecule has 2 heteroatoms. The monoisotopic (exact) mass is 193 g/mol. The van der Waals surface area contributed by atoms with E-state index in [0.717, 1.165) is 18.4 Å². The average molecular weight is 193 g/mol. The number of nitrogens with one attached hydrogen (secondary N) is 1. The third-order valence-electron chi connectivity index (χ3n) is 2.49. The molecule has 0 heterocycles. The highest BCUT2D eigenvalue weighted by atomic mass is 16.3. The Balaban J connectivity index is 2.67. The Hall–Kier alpha value is -0.860. The topological polar surface area (TPSA) is 32.3 Å². The van der Waals surface area contributed by atoms with E-state index in [1.807, 2.05) is 37.4 Å². The largest absolute Gasteiger partial charge is 0.387 e. The van der Waals surface area contributed by atoms with Crippen LogP contribution in [0.15, 0.2) is 30.3 Å². The smallest absolute Gasteiger partial charge is 0.0942 e. The molecular weight excluding hydrogens is 174 g/mol. The molecule has 0 aliphatic carbocycles. The van der Waals surface area contributed by atoms with E-state index >= 15 is 0 Å². The molecule has 2 unspecified atom stereocenters. The van der Waals surface area contributed by atoms with Crippen molar-refractivity contribution in [3.63, 3.8) is 0 Å². The predicted octanol–water partition coefficient (Wildman–Crippen LogP) is 2.11. The van der Waals surface area contributed by atoms with Gasteiger partial charge in [0.15, 0.2) is 0 Å². The summed E-state index contributed by atoms with van der Waals surface area (Å²) in [7, 11) is 1.90. The van der Waals surface area contributed by atoms with Crippen LogP contribution in [0.2, 0.25) is 0 Å². The minimum absolute atomic E-state index is 0.155. The first kappa shape index (κ1) is 11.2. The quantitative estimate of drug-likeness (QED) is 0.750. The second-order valence-electron chi connectivity index (χ2n) is 3.54. The van der Waals surface area contributed by atoms with Crippen molar-refractivity contribution in [3.8, 4) is 0 Å². The Morgan fingerprint density at radius 2 is 1.93 bits per heavy atom. The summed E-state index contributed by atoms with van der Waals surface area (Å²) in [5, 5.41) is 13.2. The summed E-state index contributed by atoms with van der Waals surface area (Å²) in [6.45, 7) is 2.13. The first-order valence-corrected chi connectivity index (χ1v) is 5.19. The molecule has 2 N–H and O–H groups in total. The van der Waals surface area contributed by atoms with Crippen molar-refractivity contribution in [2.75, 3.05) is 7.05 Å². The van der Waals surface area contributed by atoms with E-state index in [9.17, 15) is 5.11 Å². The van der Waals surface area contributed by atoms with Crippen molar-refractivity contribution in [2.45, 2.75) is 31.9 Å². The molecule has 0 saturated carbocycles. The van der Waals surface area contributed by atoms with Crippen molar-refractivity contribution in [3.05, 3.63) is 35.9 Å². The Kier molecular flexibility index (Phi) is 4.63. The SMILES string of the molecule is CCCC(NC)C(O)c1ccccc1. The van der Waals surface area contributed by atoms with Gasteiger partial charge >= 0.3 is 0 Å². The number of aliphatic hydroxyl groups is 1. The van der Waals surface area contributed by atoms with Crippen LogP contribution >= 0.6 is 0 Å². The molecule has 0 fully saturated rings. The second-order valence-corrected chi connectivity index (χ2v) is 3.54.